The fourth-order valence-electron chi connectivity index (χ4n) is 1.72. The molecule has 1 fully saturated rings. The lowest BCUT2D eigenvalue weighted by Crippen LogP contribution is -2.39. The SMILES string of the molecule is CC1SCCCC1NCCCCO. The van der Waals surface area contributed by atoms with E-state index in [1.54, 1.807) is 0 Å². The Labute approximate surface area is 85.5 Å². The summed E-state index contributed by atoms with van der Waals surface area (Å²) in [5.74, 6) is 1.33. The number of rotatable bonds is 5. The van der Waals surface area contributed by atoms with Crippen molar-refractivity contribution in [3.05, 3.63) is 0 Å². The van der Waals surface area contributed by atoms with Gasteiger partial charge in [0.15, 0.2) is 0 Å². The largest absolute Gasteiger partial charge is 0.396 e. The van der Waals surface area contributed by atoms with Crippen molar-refractivity contribution < 1.29 is 5.11 Å². The first-order valence-electron chi connectivity index (χ1n) is 5.30. The van der Waals surface area contributed by atoms with E-state index in [4.69, 9.17) is 5.11 Å². The summed E-state index contributed by atoms with van der Waals surface area (Å²) in [7, 11) is 0. The van der Waals surface area contributed by atoms with Gasteiger partial charge in [0, 0.05) is 17.9 Å². The van der Waals surface area contributed by atoms with E-state index in [9.17, 15) is 0 Å². The van der Waals surface area contributed by atoms with E-state index in [0.717, 1.165) is 24.6 Å². The molecule has 0 radical (unpaired) electrons. The van der Waals surface area contributed by atoms with Crippen molar-refractivity contribution in [1.82, 2.24) is 5.32 Å². The van der Waals surface area contributed by atoms with Gasteiger partial charge in [0.25, 0.3) is 0 Å². The number of unbranched alkanes of at least 4 members (excludes halogenated alkanes) is 1. The van der Waals surface area contributed by atoms with Crippen molar-refractivity contribution in [1.29, 1.82) is 0 Å². The van der Waals surface area contributed by atoms with Crippen LogP contribution in [0.5, 0.6) is 0 Å². The van der Waals surface area contributed by atoms with Crippen LogP contribution in [-0.2, 0) is 0 Å². The summed E-state index contributed by atoms with van der Waals surface area (Å²) in [5.41, 5.74) is 0. The first-order chi connectivity index (χ1) is 6.34. The lowest BCUT2D eigenvalue weighted by Gasteiger charge is -2.29. The number of nitrogens with one attached hydrogen (secondary N) is 1. The molecule has 2 atom stereocenters. The van der Waals surface area contributed by atoms with Gasteiger partial charge in [0.05, 0.1) is 0 Å². The average Bonchev–Trinajstić information content (AvgIpc) is 2.15. The van der Waals surface area contributed by atoms with Gasteiger partial charge in [0.2, 0.25) is 0 Å². The minimum absolute atomic E-state index is 0.330. The maximum Gasteiger partial charge on any atom is 0.0431 e. The molecule has 13 heavy (non-hydrogen) atoms. The zero-order valence-electron chi connectivity index (χ0n) is 8.46. The highest BCUT2D eigenvalue weighted by molar-refractivity contribution is 7.99. The summed E-state index contributed by atoms with van der Waals surface area (Å²) in [5, 5.41) is 13.0. The number of thioether (sulfide) groups is 1. The molecule has 0 bridgehead atoms. The highest BCUT2D eigenvalue weighted by Crippen LogP contribution is 2.24. The highest BCUT2D eigenvalue weighted by Gasteiger charge is 2.20. The first-order valence-corrected chi connectivity index (χ1v) is 6.35. The Morgan fingerprint density at radius 1 is 1.46 bits per heavy atom. The predicted octanol–water partition coefficient (Wildman–Crippen LogP) is 1.63. The molecule has 2 nitrogen and oxygen atoms in total. The van der Waals surface area contributed by atoms with Gasteiger partial charge in [-0.3, -0.25) is 0 Å². The van der Waals surface area contributed by atoms with Crippen LogP contribution in [0.25, 0.3) is 0 Å². The van der Waals surface area contributed by atoms with Crippen LogP contribution >= 0.6 is 11.8 Å². The molecule has 0 amide bonds. The summed E-state index contributed by atoms with van der Waals surface area (Å²) < 4.78 is 0. The van der Waals surface area contributed by atoms with E-state index >= 15 is 0 Å². The van der Waals surface area contributed by atoms with E-state index in [1.165, 1.54) is 18.6 Å². The topological polar surface area (TPSA) is 32.3 Å². The molecule has 3 heteroatoms. The van der Waals surface area contributed by atoms with E-state index in [-0.39, 0.29) is 0 Å². The molecule has 1 aliphatic heterocycles. The van der Waals surface area contributed by atoms with Gasteiger partial charge in [0.1, 0.15) is 0 Å². The first kappa shape index (κ1) is 11.3. The molecule has 0 saturated carbocycles. The van der Waals surface area contributed by atoms with Crippen molar-refractivity contribution in [3.8, 4) is 0 Å². The predicted molar refractivity (Wildman–Crippen MR) is 59.3 cm³/mol. The Kier molecular flexibility index (Phi) is 5.83. The van der Waals surface area contributed by atoms with E-state index in [2.05, 4.69) is 24.0 Å². The third-order valence-corrected chi connectivity index (χ3v) is 3.98. The van der Waals surface area contributed by atoms with Gasteiger partial charge in [-0.25, -0.2) is 0 Å². The minimum atomic E-state index is 0.330. The van der Waals surface area contributed by atoms with E-state index in [1.807, 2.05) is 0 Å². The fourth-order valence-corrected chi connectivity index (χ4v) is 2.89. The van der Waals surface area contributed by atoms with Gasteiger partial charge < -0.3 is 10.4 Å². The molecule has 78 valence electrons. The molecule has 0 aromatic heterocycles. The summed E-state index contributed by atoms with van der Waals surface area (Å²) in [6.07, 6.45) is 4.71. The molecule has 0 aromatic rings. The maximum atomic E-state index is 8.62. The van der Waals surface area contributed by atoms with Crippen molar-refractivity contribution in [3.63, 3.8) is 0 Å². The molecule has 0 aromatic carbocycles. The summed E-state index contributed by atoms with van der Waals surface area (Å²) in [6, 6.07) is 0.706. The van der Waals surface area contributed by atoms with Crippen LogP contribution in [-0.4, -0.2) is 35.3 Å². The Morgan fingerprint density at radius 3 is 3.00 bits per heavy atom. The number of aliphatic hydroxyl groups is 1. The van der Waals surface area contributed by atoms with Crippen molar-refractivity contribution in [2.24, 2.45) is 0 Å². The minimum Gasteiger partial charge on any atom is -0.396 e. The monoisotopic (exact) mass is 203 g/mol. The molecule has 0 spiro atoms. The van der Waals surface area contributed by atoms with Gasteiger partial charge >= 0.3 is 0 Å². The maximum absolute atomic E-state index is 8.62. The third-order valence-electron chi connectivity index (χ3n) is 2.60. The van der Waals surface area contributed by atoms with Crippen LogP contribution in [0, 0.1) is 0 Å². The molecule has 1 aliphatic rings. The van der Waals surface area contributed by atoms with Crippen LogP contribution in [0.4, 0.5) is 0 Å². The molecule has 1 saturated heterocycles. The lowest BCUT2D eigenvalue weighted by molar-refractivity contribution is 0.282. The lowest BCUT2D eigenvalue weighted by atomic mass is 10.1. The van der Waals surface area contributed by atoms with E-state index < -0.39 is 0 Å². The second kappa shape index (κ2) is 6.68. The molecular weight excluding hydrogens is 182 g/mol. The van der Waals surface area contributed by atoms with Crippen LogP contribution < -0.4 is 5.32 Å². The Balaban J connectivity index is 2.05. The Bertz CT molecular complexity index is 132. The van der Waals surface area contributed by atoms with Gasteiger partial charge in [-0.05, 0) is 38.0 Å². The smallest absolute Gasteiger partial charge is 0.0431 e. The van der Waals surface area contributed by atoms with Gasteiger partial charge in [-0.1, -0.05) is 6.92 Å². The fraction of sp³-hybridized carbons (Fsp3) is 1.00. The van der Waals surface area contributed by atoms with Crippen LogP contribution in [0.2, 0.25) is 0 Å². The third kappa shape index (κ3) is 4.34. The van der Waals surface area contributed by atoms with Gasteiger partial charge in [-0.2, -0.15) is 11.8 Å². The Hall–Kier alpha value is 0.270. The quantitative estimate of drug-likeness (QED) is 0.666. The van der Waals surface area contributed by atoms with Crippen LogP contribution in [0.15, 0.2) is 0 Å². The standard InChI is InChI=1S/C10H21NOS/c1-9-10(5-4-8-13-9)11-6-2-3-7-12/h9-12H,2-8H2,1H3. The molecule has 2 N–H and O–H groups in total. The zero-order valence-corrected chi connectivity index (χ0v) is 9.28. The Morgan fingerprint density at radius 2 is 2.31 bits per heavy atom. The van der Waals surface area contributed by atoms with E-state index in [0.29, 0.717) is 12.6 Å². The second-order valence-corrected chi connectivity index (χ2v) is 5.19. The van der Waals surface area contributed by atoms with Crippen molar-refractivity contribution >= 4 is 11.8 Å². The van der Waals surface area contributed by atoms with Gasteiger partial charge in [-0.15, -0.1) is 0 Å². The second-order valence-electron chi connectivity index (χ2n) is 3.71. The number of hydrogen-bond donors (Lipinski definition) is 2. The normalized spacial score (nSPS) is 29.1. The van der Waals surface area contributed by atoms with Crippen LogP contribution in [0.3, 0.4) is 0 Å². The van der Waals surface area contributed by atoms with Crippen molar-refractivity contribution in [2.45, 2.75) is 43.9 Å². The molecule has 2 unspecified atom stereocenters. The molecule has 1 rings (SSSR count). The zero-order chi connectivity index (χ0) is 9.52. The average molecular weight is 203 g/mol. The highest BCUT2D eigenvalue weighted by atomic mass is 32.2. The molecular formula is C10H21NOS. The van der Waals surface area contributed by atoms with Crippen molar-refractivity contribution in [2.75, 3.05) is 18.9 Å². The van der Waals surface area contributed by atoms with Crippen LogP contribution in [0.1, 0.15) is 32.6 Å². The number of aliphatic hydroxyl groups excluding tert-OH is 1. The summed E-state index contributed by atoms with van der Waals surface area (Å²) >= 11 is 2.08. The summed E-state index contributed by atoms with van der Waals surface area (Å²) in [4.78, 5) is 0. The number of hydrogen-bond acceptors (Lipinski definition) is 3. The summed E-state index contributed by atoms with van der Waals surface area (Å²) in [6.45, 7) is 3.71. The molecule has 0 aliphatic carbocycles. The molecule has 1 heterocycles.